The normalized spacial score (nSPS) is 24.0. The predicted octanol–water partition coefficient (Wildman–Crippen LogP) is 3.88. The zero-order valence-corrected chi connectivity index (χ0v) is 15.1. The topological polar surface area (TPSA) is 15.3 Å². The standard InChI is InChI=1S/C16H25BrN2S/c1-4-18-10-14-5-6-15(16(17)9-14)11-19-7-8-20-13(3)12(19)2/h5-6,9,12-13,18H,4,7-8,10-11H2,1-3H3. The molecule has 0 aliphatic carbocycles. The van der Waals surface area contributed by atoms with E-state index in [0.717, 1.165) is 24.9 Å². The molecule has 2 nitrogen and oxygen atoms in total. The number of thioether (sulfide) groups is 1. The van der Waals surface area contributed by atoms with E-state index in [1.165, 1.54) is 27.9 Å². The molecule has 0 aromatic heterocycles. The average Bonchev–Trinajstić information content (AvgIpc) is 2.44. The summed E-state index contributed by atoms with van der Waals surface area (Å²) in [7, 11) is 0. The Morgan fingerprint density at radius 1 is 1.40 bits per heavy atom. The summed E-state index contributed by atoms with van der Waals surface area (Å²) in [6.45, 7) is 11.0. The highest BCUT2D eigenvalue weighted by atomic mass is 79.9. The van der Waals surface area contributed by atoms with Crippen molar-refractivity contribution in [1.82, 2.24) is 10.2 Å². The van der Waals surface area contributed by atoms with Crippen LogP contribution in [-0.4, -0.2) is 35.0 Å². The summed E-state index contributed by atoms with van der Waals surface area (Å²) in [5.74, 6) is 1.25. The monoisotopic (exact) mass is 356 g/mol. The molecule has 1 heterocycles. The number of nitrogens with zero attached hydrogens (tertiary/aromatic N) is 1. The van der Waals surface area contributed by atoms with Crippen molar-refractivity contribution in [2.24, 2.45) is 0 Å². The molecule has 1 aliphatic heterocycles. The number of benzene rings is 1. The largest absolute Gasteiger partial charge is 0.313 e. The molecule has 4 heteroatoms. The summed E-state index contributed by atoms with van der Waals surface area (Å²) in [6, 6.07) is 7.43. The van der Waals surface area contributed by atoms with Crippen molar-refractivity contribution in [3.8, 4) is 0 Å². The van der Waals surface area contributed by atoms with E-state index in [9.17, 15) is 0 Å². The van der Waals surface area contributed by atoms with Gasteiger partial charge in [0.15, 0.2) is 0 Å². The molecule has 1 saturated heterocycles. The molecule has 112 valence electrons. The maximum absolute atomic E-state index is 3.74. The van der Waals surface area contributed by atoms with Crippen LogP contribution in [0.5, 0.6) is 0 Å². The van der Waals surface area contributed by atoms with Crippen molar-refractivity contribution in [3.05, 3.63) is 33.8 Å². The van der Waals surface area contributed by atoms with Gasteiger partial charge in [0.1, 0.15) is 0 Å². The minimum absolute atomic E-state index is 0.655. The third-order valence-corrected chi connectivity index (χ3v) is 6.16. The fraction of sp³-hybridized carbons (Fsp3) is 0.625. The van der Waals surface area contributed by atoms with Crippen LogP contribution in [0, 0.1) is 0 Å². The summed E-state index contributed by atoms with van der Waals surface area (Å²) >= 11 is 5.84. The SMILES string of the molecule is CCNCc1ccc(CN2CCSC(C)C2C)c(Br)c1. The molecule has 20 heavy (non-hydrogen) atoms. The van der Waals surface area contributed by atoms with Crippen LogP contribution in [0.25, 0.3) is 0 Å². The van der Waals surface area contributed by atoms with E-state index in [4.69, 9.17) is 0 Å². The van der Waals surface area contributed by atoms with Crippen LogP contribution >= 0.6 is 27.7 Å². The van der Waals surface area contributed by atoms with Crippen molar-refractivity contribution < 1.29 is 0 Å². The first kappa shape index (κ1) is 16.3. The molecular weight excluding hydrogens is 332 g/mol. The van der Waals surface area contributed by atoms with E-state index in [1.54, 1.807) is 0 Å². The average molecular weight is 357 g/mol. The van der Waals surface area contributed by atoms with Gasteiger partial charge >= 0.3 is 0 Å². The summed E-state index contributed by atoms with van der Waals surface area (Å²) in [5, 5.41) is 4.10. The molecule has 2 rings (SSSR count). The fourth-order valence-electron chi connectivity index (χ4n) is 2.54. The second-order valence-electron chi connectivity index (χ2n) is 5.49. The van der Waals surface area contributed by atoms with Gasteiger partial charge in [-0.1, -0.05) is 41.9 Å². The zero-order chi connectivity index (χ0) is 14.5. The van der Waals surface area contributed by atoms with E-state index < -0.39 is 0 Å². The Hall–Kier alpha value is -0.0300. The number of hydrogen-bond acceptors (Lipinski definition) is 3. The lowest BCUT2D eigenvalue weighted by Crippen LogP contribution is -2.44. The predicted molar refractivity (Wildman–Crippen MR) is 93.3 cm³/mol. The molecule has 1 aromatic carbocycles. The van der Waals surface area contributed by atoms with Gasteiger partial charge in [0.05, 0.1) is 0 Å². The van der Waals surface area contributed by atoms with Gasteiger partial charge in [0, 0.05) is 41.2 Å². The molecule has 0 saturated carbocycles. The van der Waals surface area contributed by atoms with E-state index in [0.29, 0.717) is 6.04 Å². The highest BCUT2D eigenvalue weighted by Crippen LogP contribution is 2.27. The number of hydrogen-bond donors (Lipinski definition) is 1. The van der Waals surface area contributed by atoms with Crippen LogP contribution < -0.4 is 5.32 Å². The van der Waals surface area contributed by atoms with Gasteiger partial charge in [-0.3, -0.25) is 4.90 Å². The zero-order valence-electron chi connectivity index (χ0n) is 12.7. The molecule has 0 amide bonds. The Morgan fingerprint density at radius 2 is 2.20 bits per heavy atom. The molecule has 2 unspecified atom stereocenters. The van der Waals surface area contributed by atoms with Gasteiger partial charge in [-0.05, 0) is 30.7 Å². The fourth-order valence-corrected chi connectivity index (χ4v) is 4.25. The van der Waals surface area contributed by atoms with Crippen LogP contribution in [0.15, 0.2) is 22.7 Å². The molecule has 1 aliphatic rings. The van der Waals surface area contributed by atoms with Gasteiger partial charge in [-0.2, -0.15) is 11.8 Å². The highest BCUT2D eigenvalue weighted by molar-refractivity contribution is 9.10. The lowest BCUT2D eigenvalue weighted by atomic mass is 10.1. The van der Waals surface area contributed by atoms with Crippen molar-refractivity contribution in [2.75, 3.05) is 18.8 Å². The molecule has 1 N–H and O–H groups in total. The van der Waals surface area contributed by atoms with Crippen molar-refractivity contribution in [3.63, 3.8) is 0 Å². The van der Waals surface area contributed by atoms with Gasteiger partial charge in [0.2, 0.25) is 0 Å². The molecule has 1 aromatic rings. The highest BCUT2D eigenvalue weighted by Gasteiger charge is 2.25. The summed E-state index contributed by atoms with van der Waals surface area (Å²) < 4.78 is 1.24. The maximum atomic E-state index is 3.74. The van der Waals surface area contributed by atoms with Crippen LogP contribution in [0.3, 0.4) is 0 Å². The number of rotatable bonds is 5. The van der Waals surface area contributed by atoms with Crippen LogP contribution in [0.1, 0.15) is 31.9 Å². The van der Waals surface area contributed by atoms with Gasteiger partial charge < -0.3 is 5.32 Å². The summed E-state index contributed by atoms with van der Waals surface area (Å²) in [6.07, 6.45) is 0. The van der Waals surface area contributed by atoms with E-state index in [2.05, 4.69) is 76.9 Å². The Labute approximate surface area is 135 Å². The molecule has 0 bridgehead atoms. The Morgan fingerprint density at radius 3 is 2.90 bits per heavy atom. The minimum Gasteiger partial charge on any atom is -0.313 e. The summed E-state index contributed by atoms with van der Waals surface area (Å²) in [4.78, 5) is 2.60. The molecular formula is C16H25BrN2S. The quantitative estimate of drug-likeness (QED) is 0.861. The first-order chi connectivity index (χ1) is 9.61. The van der Waals surface area contributed by atoms with Crippen molar-refractivity contribution in [2.45, 2.75) is 45.2 Å². The van der Waals surface area contributed by atoms with Crippen LogP contribution in [0.4, 0.5) is 0 Å². The first-order valence-corrected chi connectivity index (χ1v) is 9.29. The number of halogens is 1. The molecule has 0 spiro atoms. The lowest BCUT2D eigenvalue weighted by Gasteiger charge is -2.37. The molecule has 2 atom stereocenters. The van der Waals surface area contributed by atoms with Gasteiger partial charge in [-0.15, -0.1) is 0 Å². The second-order valence-corrected chi connectivity index (χ2v) is 7.83. The van der Waals surface area contributed by atoms with Crippen molar-refractivity contribution >= 4 is 27.7 Å². The van der Waals surface area contributed by atoms with E-state index in [-0.39, 0.29) is 0 Å². The van der Waals surface area contributed by atoms with Crippen LogP contribution in [0.2, 0.25) is 0 Å². The third kappa shape index (κ3) is 4.23. The van der Waals surface area contributed by atoms with Crippen LogP contribution in [-0.2, 0) is 13.1 Å². The Kier molecular flexibility index (Phi) is 6.40. The third-order valence-electron chi connectivity index (χ3n) is 4.08. The smallest absolute Gasteiger partial charge is 0.0248 e. The van der Waals surface area contributed by atoms with E-state index >= 15 is 0 Å². The molecule has 1 fully saturated rings. The Bertz CT molecular complexity index is 438. The van der Waals surface area contributed by atoms with Gasteiger partial charge in [-0.25, -0.2) is 0 Å². The van der Waals surface area contributed by atoms with E-state index in [1.807, 2.05) is 0 Å². The van der Waals surface area contributed by atoms with Crippen molar-refractivity contribution in [1.29, 1.82) is 0 Å². The summed E-state index contributed by atoms with van der Waals surface area (Å²) in [5.41, 5.74) is 2.74. The first-order valence-electron chi connectivity index (χ1n) is 7.45. The minimum atomic E-state index is 0.655. The maximum Gasteiger partial charge on any atom is 0.0248 e. The second kappa shape index (κ2) is 7.83. The lowest BCUT2D eigenvalue weighted by molar-refractivity contribution is 0.204. The van der Waals surface area contributed by atoms with Gasteiger partial charge in [0.25, 0.3) is 0 Å². The Balaban J connectivity index is 2.02. The molecule has 0 radical (unpaired) electrons. The number of nitrogens with one attached hydrogen (secondary N) is 1.